The van der Waals surface area contributed by atoms with Crippen LogP contribution in [0, 0.1) is 0 Å². The van der Waals surface area contributed by atoms with E-state index in [4.69, 9.17) is 5.73 Å². The molecule has 0 aliphatic heterocycles. The Bertz CT molecular complexity index is 457. The third-order valence-electron chi connectivity index (χ3n) is 1.94. The summed E-state index contributed by atoms with van der Waals surface area (Å²) in [6.45, 7) is 0. The predicted octanol–water partition coefficient (Wildman–Crippen LogP) is 1.96. The lowest BCUT2D eigenvalue weighted by atomic mass is 10.3. The number of thiophene rings is 2. The van der Waals surface area contributed by atoms with Gasteiger partial charge >= 0.3 is 11.8 Å². The molecule has 0 bridgehead atoms. The van der Waals surface area contributed by atoms with Crippen molar-refractivity contribution in [2.45, 2.75) is 0 Å². The Kier molecular flexibility index (Phi) is 3.02. The quantitative estimate of drug-likeness (QED) is 0.830. The Labute approximate surface area is 99.9 Å². The number of amides is 2. The van der Waals surface area contributed by atoms with Crippen molar-refractivity contribution in [1.29, 1.82) is 0 Å². The highest BCUT2D eigenvalue weighted by atomic mass is 32.1. The van der Waals surface area contributed by atoms with Crippen molar-refractivity contribution in [3.05, 3.63) is 33.7 Å². The fourth-order valence-corrected chi connectivity index (χ4v) is 2.50. The maximum Gasteiger partial charge on any atom is 0.320 e. The maximum absolute atomic E-state index is 11.7. The number of nitrogens with two attached hydrogens (primary N) is 1. The van der Waals surface area contributed by atoms with E-state index in [0.717, 1.165) is 0 Å². The van der Waals surface area contributed by atoms with Gasteiger partial charge in [0.05, 0.1) is 11.4 Å². The lowest BCUT2D eigenvalue weighted by Crippen LogP contribution is -2.36. The van der Waals surface area contributed by atoms with Gasteiger partial charge in [-0.1, -0.05) is 0 Å². The van der Waals surface area contributed by atoms with Gasteiger partial charge in [0.1, 0.15) is 0 Å². The van der Waals surface area contributed by atoms with Gasteiger partial charge in [0, 0.05) is 10.8 Å². The monoisotopic (exact) mass is 252 g/mol. The Hall–Kier alpha value is -1.66. The first-order chi connectivity index (χ1) is 7.70. The molecule has 0 aromatic carbocycles. The predicted molar refractivity (Wildman–Crippen MR) is 65.0 cm³/mol. The molecule has 2 heterocycles. The van der Waals surface area contributed by atoms with Gasteiger partial charge in [-0.3, -0.25) is 14.5 Å². The lowest BCUT2D eigenvalue weighted by molar-refractivity contribution is -0.135. The van der Waals surface area contributed by atoms with Gasteiger partial charge in [-0.2, -0.15) is 22.7 Å². The number of carbonyl (C=O) groups excluding carboxylic acids is 2. The van der Waals surface area contributed by atoms with Crippen LogP contribution in [0.5, 0.6) is 0 Å². The normalized spacial score (nSPS) is 10.0. The molecule has 0 saturated carbocycles. The van der Waals surface area contributed by atoms with E-state index in [-0.39, 0.29) is 0 Å². The maximum atomic E-state index is 11.7. The van der Waals surface area contributed by atoms with Crippen molar-refractivity contribution < 1.29 is 9.59 Å². The molecule has 0 spiro atoms. The molecule has 0 aliphatic carbocycles. The van der Waals surface area contributed by atoms with Crippen LogP contribution in [-0.2, 0) is 9.59 Å². The zero-order valence-corrected chi connectivity index (χ0v) is 9.75. The van der Waals surface area contributed by atoms with Crippen molar-refractivity contribution in [3.8, 4) is 0 Å². The highest BCUT2D eigenvalue weighted by Gasteiger charge is 2.23. The minimum absolute atomic E-state index is 0.659. The van der Waals surface area contributed by atoms with E-state index in [0.29, 0.717) is 11.4 Å². The summed E-state index contributed by atoms with van der Waals surface area (Å²) in [6.07, 6.45) is 0. The Balaban J connectivity index is 2.42. The molecule has 2 rings (SSSR count). The van der Waals surface area contributed by atoms with Crippen LogP contribution in [0.25, 0.3) is 0 Å². The molecule has 2 aromatic heterocycles. The molecule has 0 saturated heterocycles. The second-order valence-electron chi connectivity index (χ2n) is 2.97. The van der Waals surface area contributed by atoms with Gasteiger partial charge in [0.15, 0.2) is 0 Å². The smallest absolute Gasteiger partial charge is 0.320 e. The molecule has 0 radical (unpaired) electrons. The van der Waals surface area contributed by atoms with E-state index in [1.807, 2.05) is 10.8 Å². The molecule has 0 atom stereocenters. The van der Waals surface area contributed by atoms with Gasteiger partial charge in [0.2, 0.25) is 0 Å². The topological polar surface area (TPSA) is 63.4 Å². The second-order valence-corrected chi connectivity index (χ2v) is 4.53. The zero-order chi connectivity index (χ0) is 11.5. The van der Waals surface area contributed by atoms with Crippen LogP contribution in [0.2, 0.25) is 0 Å². The van der Waals surface area contributed by atoms with E-state index >= 15 is 0 Å². The molecule has 0 unspecified atom stereocenters. The molecular formula is C10H8N2O2S2. The lowest BCUT2D eigenvalue weighted by Gasteiger charge is -2.17. The summed E-state index contributed by atoms with van der Waals surface area (Å²) in [7, 11) is 0. The van der Waals surface area contributed by atoms with Crippen molar-refractivity contribution in [1.82, 2.24) is 0 Å². The zero-order valence-electron chi connectivity index (χ0n) is 8.12. The Morgan fingerprint density at radius 3 is 1.88 bits per heavy atom. The third-order valence-corrected chi connectivity index (χ3v) is 3.28. The minimum Gasteiger partial charge on any atom is -0.361 e. The first-order valence-corrected chi connectivity index (χ1v) is 6.27. The first kappa shape index (κ1) is 10.8. The number of hydrogen-bond donors (Lipinski definition) is 1. The van der Waals surface area contributed by atoms with Crippen molar-refractivity contribution in [3.63, 3.8) is 0 Å². The van der Waals surface area contributed by atoms with Crippen LogP contribution >= 0.6 is 22.7 Å². The molecule has 0 fully saturated rings. The van der Waals surface area contributed by atoms with Crippen LogP contribution in [0.15, 0.2) is 33.7 Å². The van der Waals surface area contributed by atoms with Gasteiger partial charge < -0.3 is 5.73 Å². The van der Waals surface area contributed by atoms with E-state index < -0.39 is 11.8 Å². The number of rotatable bonds is 2. The van der Waals surface area contributed by atoms with Gasteiger partial charge in [-0.15, -0.1) is 0 Å². The van der Waals surface area contributed by atoms with Crippen LogP contribution in [0.1, 0.15) is 0 Å². The van der Waals surface area contributed by atoms with Gasteiger partial charge in [-0.05, 0) is 22.9 Å². The average Bonchev–Trinajstić information content (AvgIpc) is 2.89. The summed E-state index contributed by atoms with van der Waals surface area (Å²) in [5.41, 5.74) is 6.34. The molecule has 16 heavy (non-hydrogen) atoms. The summed E-state index contributed by atoms with van der Waals surface area (Å²) in [6, 6.07) is 3.53. The fourth-order valence-electron chi connectivity index (χ4n) is 1.26. The molecule has 0 aliphatic rings. The largest absolute Gasteiger partial charge is 0.361 e. The van der Waals surface area contributed by atoms with Crippen LogP contribution in [0.3, 0.4) is 0 Å². The molecule has 82 valence electrons. The molecule has 2 aromatic rings. The van der Waals surface area contributed by atoms with E-state index in [9.17, 15) is 9.59 Å². The fraction of sp³-hybridized carbons (Fsp3) is 0. The van der Waals surface area contributed by atoms with Crippen molar-refractivity contribution in [2.75, 3.05) is 4.90 Å². The summed E-state index contributed by atoms with van der Waals surface area (Å²) >= 11 is 2.90. The van der Waals surface area contributed by atoms with Crippen molar-refractivity contribution in [2.24, 2.45) is 5.73 Å². The van der Waals surface area contributed by atoms with Crippen molar-refractivity contribution >= 4 is 45.9 Å². The molecule has 4 nitrogen and oxygen atoms in total. The van der Waals surface area contributed by atoms with E-state index in [1.165, 1.54) is 27.6 Å². The third kappa shape index (κ3) is 1.98. The second kappa shape index (κ2) is 4.46. The summed E-state index contributed by atoms with van der Waals surface area (Å²) in [5, 5.41) is 7.25. The van der Waals surface area contributed by atoms with Crippen LogP contribution < -0.4 is 10.6 Å². The Morgan fingerprint density at radius 2 is 1.56 bits per heavy atom. The number of hydrogen-bond acceptors (Lipinski definition) is 4. The number of nitrogens with zero attached hydrogens (tertiary/aromatic N) is 1. The summed E-state index contributed by atoms with van der Waals surface area (Å²) in [4.78, 5) is 24.0. The van der Waals surface area contributed by atoms with Crippen LogP contribution in [0.4, 0.5) is 11.4 Å². The number of carbonyl (C=O) groups is 2. The summed E-state index contributed by atoms with van der Waals surface area (Å²) < 4.78 is 0. The molecule has 2 amide bonds. The standard InChI is InChI=1S/C10H8N2O2S2/c11-9(13)10(14)12(7-1-3-15-5-7)8-2-4-16-6-8/h1-6H,(H2,11,13). The van der Waals surface area contributed by atoms with Gasteiger partial charge in [0.25, 0.3) is 0 Å². The Morgan fingerprint density at radius 1 is 1.06 bits per heavy atom. The summed E-state index contributed by atoms with van der Waals surface area (Å²) in [5.74, 6) is -1.69. The minimum atomic E-state index is -0.961. The molecular weight excluding hydrogens is 244 g/mol. The number of primary amides is 1. The molecule has 6 heteroatoms. The molecule has 2 N–H and O–H groups in total. The van der Waals surface area contributed by atoms with Gasteiger partial charge in [-0.25, -0.2) is 0 Å². The first-order valence-electron chi connectivity index (χ1n) is 4.38. The SMILES string of the molecule is NC(=O)C(=O)N(c1ccsc1)c1ccsc1. The highest BCUT2D eigenvalue weighted by Crippen LogP contribution is 2.29. The highest BCUT2D eigenvalue weighted by molar-refractivity contribution is 7.08. The van der Waals surface area contributed by atoms with Crippen LogP contribution in [-0.4, -0.2) is 11.8 Å². The van der Waals surface area contributed by atoms with E-state index in [2.05, 4.69) is 0 Å². The average molecular weight is 252 g/mol. The van der Waals surface area contributed by atoms with E-state index in [1.54, 1.807) is 22.9 Å². The number of anilines is 2.